The number of carbonyl (C=O) groups is 2. The molecule has 0 unspecified atom stereocenters. The molecular formula is C33H37N7O2. The highest BCUT2D eigenvalue weighted by Gasteiger charge is 2.29. The summed E-state index contributed by atoms with van der Waals surface area (Å²) in [6.45, 7) is 4.83. The van der Waals surface area contributed by atoms with Crippen LogP contribution in [0.25, 0.3) is 22.2 Å². The zero-order valence-electron chi connectivity index (χ0n) is 24.2. The second-order valence-electron chi connectivity index (χ2n) is 11.4. The number of amides is 2. The van der Waals surface area contributed by atoms with Crippen LogP contribution in [0.15, 0.2) is 60.7 Å². The molecular weight excluding hydrogens is 526 g/mol. The van der Waals surface area contributed by atoms with E-state index in [0.29, 0.717) is 35.0 Å². The third-order valence-corrected chi connectivity index (χ3v) is 7.70. The fraction of sp³-hybridized carbons (Fsp3) is 0.364. The van der Waals surface area contributed by atoms with Crippen molar-refractivity contribution in [1.29, 1.82) is 5.26 Å². The zero-order chi connectivity index (χ0) is 29.6. The number of rotatable bonds is 10. The molecule has 1 fully saturated rings. The van der Waals surface area contributed by atoms with Crippen LogP contribution in [0.2, 0.25) is 0 Å². The molecule has 0 saturated heterocycles. The summed E-state index contributed by atoms with van der Waals surface area (Å²) in [5.41, 5.74) is 9.69. The minimum Gasteiger partial charge on any atom is -0.369 e. The minimum absolute atomic E-state index is 0.0511. The summed E-state index contributed by atoms with van der Waals surface area (Å²) in [7, 11) is 0. The number of primary amides is 1. The van der Waals surface area contributed by atoms with Crippen LogP contribution in [0.3, 0.4) is 0 Å². The van der Waals surface area contributed by atoms with Gasteiger partial charge in [-0.2, -0.15) is 5.26 Å². The molecule has 0 radical (unpaired) electrons. The van der Waals surface area contributed by atoms with Crippen molar-refractivity contribution in [2.75, 3.05) is 18.4 Å². The molecule has 9 nitrogen and oxygen atoms in total. The van der Waals surface area contributed by atoms with Gasteiger partial charge in [0.15, 0.2) is 0 Å². The lowest BCUT2D eigenvalue weighted by molar-refractivity contribution is -0.118. The summed E-state index contributed by atoms with van der Waals surface area (Å²) >= 11 is 0. The second kappa shape index (κ2) is 12.9. The molecule has 0 aliphatic heterocycles. The molecule has 9 heteroatoms. The van der Waals surface area contributed by atoms with Gasteiger partial charge in [-0.25, -0.2) is 9.97 Å². The van der Waals surface area contributed by atoms with Crippen LogP contribution in [-0.4, -0.2) is 44.3 Å². The van der Waals surface area contributed by atoms with Crippen LogP contribution >= 0.6 is 0 Å². The number of nitrogens with zero attached hydrogens (tertiary/aromatic N) is 5. The zero-order valence-corrected chi connectivity index (χ0v) is 24.2. The highest BCUT2D eigenvalue weighted by molar-refractivity contribution is 6.02. The van der Waals surface area contributed by atoms with Crippen LogP contribution in [0.1, 0.15) is 73.9 Å². The highest BCUT2D eigenvalue weighted by atomic mass is 16.2. The van der Waals surface area contributed by atoms with E-state index in [0.717, 1.165) is 48.8 Å². The van der Waals surface area contributed by atoms with Crippen LogP contribution in [0.4, 0.5) is 5.82 Å². The fourth-order valence-corrected chi connectivity index (χ4v) is 5.66. The number of aromatic nitrogens is 3. The lowest BCUT2D eigenvalue weighted by Gasteiger charge is -2.28. The van der Waals surface area contributed by atoms with Gasteiger partial charge in [-0.05, 0) is 41.5 Å². The Labute approximate surface area is 246 Å². The van der Waals surface area contributed by atoms with Gasteiger partial charge in [-0.3, -0.25) is 9.59 Å². The van der Waals surface area contributed by atoms with E-state index in [9.17, 15) is 14.9 Å². The van der Waals surface area contributed by atoms with Crippen molar-refractivity contribution in [3.63, 3.8) is 0 Å². The molecule has 0 spiro atoms. The average Bonchev–Trinajstić information content (AvgIpc) is 3.39. The van der Waals surface area contributed by atoms with Gasteiger partial charge < -0.3 is 20.5 Å². The monoisotopic (exact) mass is 563 g/mol. The van der Waals surface area contributed by atoms with Crippen LogP contribution < -0.4 is 11.1 Å². The Bertz CT molecular complexity index is 1600. The number of carbonyl (C=O) groups excluding carboxylic acids is 2. The Morgan fingerprint density at radius 2 is 1.74 bits per heavy atom. The van der Waals surface area contributed by atoms with Crippen molar-refractivity contribution >= 4 is 28.7 Å². The predicted octanol–water partition coefficient (Wildman–Crippen LogP) is 5.67. The second-order valence-corrected chi connectivity index (χ2v) is 11.4. The molecule has 0 bridgehead atoms. The standard InChI is InChI=1S/C33H37N7O2/c1-22(2)19-36-31-27-17-28(40(26-11-7-4-8-12-26)32(27)38-30(18-34)37-31)33(42)39(21-29(35)41)20-23-13-15-25(16-14-23)24-9-5-3-6-10-24/h3,5-6,9-10,13-17,22,26H,4,7-8,11-12,19-21H2,1-2H3,(H2,35,41)(H,36,37,38). The van der Waals surface area contributed by atoms with E-state index >= 15 is 0 Å². The van der Waals surface area contributed by atoms with Crippen molar-refractivity contribution in [3.05, 3.63) is 77.7 Å². The van der Waals surface area contributed by atoms with E-state index in [-0.39, 0.29) is 30.9 Å². The molecule has 42 heavy (non-hydrogen) atoms. The number of hydrogen-bond donors (Lipinski definition) is 2. The Morgan fingerprint density at radius 3 is 2.38 bits per heavy atom. The van der Waals surface area contributed by atoms with Gasteiger partial charge in [0.25, 0.3) is 5.91 Å². The van der Waals surface area contributed by atoms with Crippen LogP contribution in [0, 0.1) is 17.2 Å². The maximum atomic E-state index is 14.3. The summed E-state index contributed by atoms with van der Waals surface area (Å²) < 4.78 is 1.98. The van der Waals surface area contributed by atoms with Crippen molar-refractivity contribution in [3.8, 4) is 17.2 Å². The van der Waals surface area contributed by atoms with Crippen LogP contribution in [-0.2, 0) is 11.3 Å². The summed E-state index contributed by atoms with van der Waals surface area (Å²) in [5.74, 6) is 0.0388. The molecule has 2 amide bonds. The third-order valence-electron chi connectivity index (χ3n) is 7.70. The quantitative estimate of drug-likeness (QED) is 0.256. The van der Waals surface area contributed by atoms with Gasteiger partial charge in [0.2, 0.25) is 11.7 Å². The number of nitrogens with one attached hydrogen (secondary N) is 1. The van der Waals surface area contributed by atoms with E-state index < -0.39 is 5.91 Å². The molecule has 2 heterocycles. The van der Waals surface area contributed by atoms with Gasteiger partial charge in [0.05, 0.1) is 5.39 Å². The number of fused-ring (bicyclic) bond motifs is 1. The van der Waals surface area contributed by atoms with Gasteiger partial charge in [-0.1, -0.05) is 87.7 Å². The Balaban J connectivity index is 1.55. The first-order chi connectivity index (χ1) is 20.3. The lowest BCUT2D eigenvalue weighted by atomic mass is 9.95. The van der Waals surface area contributed by atoms with E-state index in [1.807, 2.05) is 65.2 Å². The summed E-state index contributed by atoms with van der Waals surface area (Å²) in [6.07, 6.45) is 5.05. The minimum atomic E-state index is -0.588. The topological polar surface area (TPSA) is 130 Å². The first kappa shape index (κ1) is 28.8. The molecule has 0 atom stereocenters. The van der Waals surface area contributed by atoms with E-state index in [4.69, 9.17) is 5.73 Å². The molecule has 2 aromatic carbocycles. The number of anilines is 1. The molecule has 4 aromatic rings. The number of nitriles is 1. The van der Waals surface area contributed by atoms with Crippen molar-refractivity contribution < 1.29 is 9.59 Å². The Morgan fingerprint density at radius 1 is 1.05 bits per heavy atom. The fourth-order valence-electron chi connectivity index (χ4n) is 5.66. The van der Waals surface area contributed by atoms with E-state index in [2.05, 4.69) is 35.2 Å². The molecule has 5 rings (SSSR count). The first-order valence-electron chi connectivity index (χ1n) is 14.6. The summed E-state index contributed by atoms with van der Waals surface area (Å²) in [4.78, 5) is 37.0. The van der Waals surface area contributed by atoms with Gasteiger partial charge >= 0.3 is 0 Å². The number of hydrogen-bond acceptors (Lipinski definition) is 6. The van der Waals surface area contributed by atoms with Gasteiger partial charge in [0.1, 0.15) is 29.8 Å². The normalized spacial score (nSPS) is 13.7. The molecule has 3 N–H and O–H groups in total. The van der Waals surface area contributed by atoms with Gasteiger partial charge in [0, 0.05) is 19.1 Å². The first-order valence-corrected chi connectivity index (χ1v) is 14.6. The molecule has 1 aliphatic carbocycles. The van der Waals surface area contributed by atoms with Crippen LogP contribution in [0.5, 0.6) is 0 Å². The maximum absolute atomic E-state index is 14.3. The lowest BCUT2D eigenvalue weighted by Crippen LogP contribution is -2.39. The van der Waals surface area contributed by atoms with Crippen molar-refractivity contribution in [2.45, 2.75) is 58.5 Å². The summed E-state index contributed by atoms with van der Waals surface area (Å²) in [5, 5.41) is 13.8. The number of benzene rings is 2. The largest absolute Gasteiger partial charge is 0.369 e. The molecule has 1 saturated carbocycles. The molecule has 216 valence electrons. The smallest absolute Gasteiger partial charge is 0.271 e. The third kappa shape index (κ3) is 6.44. The van der Waals surface area contributed by atoms with Crippen molar-refractivity contribution in [1.82, 2.24) is 19.4 Å². The Kier molecular flexibility index (Phi) is 8.82. The summed E-state index contributed by atoms with van der Waals surface area (Å²) in [6, 6.07) is 22.0. The number of nitrogens with two attached hydrogens (primary N) is 1. The Hall–Kier alpha value is -4.71. The van der Waals surface area contributed by atoms with E-state index in [1.54, 1.807) is 0 Å². The SMILES string of the molecule is CC(C)CNc1nc(C#N)nc2c1cc(C(=O)N(CC(N)=O)Cc1ccc(-c3ccccc3)cc1)n2C1CCCCC1. The van der Waals surface area contributed by atoms with E-state index in [1.165, 1.54) is 4.90 Å². The maximum Gasteiger partial charge on any atom is 0.271 e. The molecule has 1 aliphatic rings. The average molecular weight is 564 g/mol. The molecule has 2 aromatic heterocycles. The highest BCUT2D eigenvalue weighted by Crippen LogP contribution is 2.35. The van der Waals surface area contributed by atoms with Gasteiger partial charge in [-0.15, -0.1) is 0 Å². The van der Waals surface area contributed by atoms with Crippen molar-refractivity contribution in [2.24, 2.45) is 11.7 Å². The predicted molar refractivity (Wildman–Crippen MR) is 164 cm³/mol.